The minimum Gasteiger partial charge on any atom is -0.362 e. The lowest BCUT2D eigenvalue weighted by Gasteiger charge is -2.00. The van der Waals surface area contributed by atoms with Crippen molar-refractivity contribution in [3.05, 3.63) is 29.3 Å². The molecule has 0 saturated heterocycles. The van der Waals surface area contributed by atoms with E-state index in [-0.39, 0.29) is 5.28 Å². The molecule has 0 amide bonds. The molecule has 0 aliphatic rings. The molecule has 0 atom stereocenters. The minimum absolute atomic E-state index is 0.198. The largest absolute Gasteiger partial charge is 0.362 e. The molecule has 2 heterocycles. The Kier molecular flexibility index (Phi) is 2.77. The summed E-state index contributed by atoms with van der Waals surface area (Å²) in [7, 11) is 0. The number of halogens is 1. The molecule has 0 radical (unpaired) electrons. The second kappa shape index (κ2) is 4.22. The minimum atomic E-state index is 0.198. The first-order chi connectivity index (χ1) is 7.24. The van der Waals surface area contributed by atoms with Gasteiger partial charge in [0.2, 0.25) is 11.2 Å². The molecular weight excluding hydrogens is 218 g/mol. The first-order valence-electron chi connectivity index (χ1n) is 4.25. The Hall–Kier alpha value is -1.69. The average molecular weight is 226 g/mol. The Bertz CT molecular complexity index is 458. The predicted molar refractivity (Wildman–Crippen MR) is 53.4 cm³/mol. The summed E-state index contributed by atoms with van der Waals surface area (Å²) < 4.78 is 4.82. The lowest BCUT2D eigenvalue weighted by molar-refractivity contribution is 0.388. The van der Waals surface area contributed by atoms with Crippen LogP contribution in [0.5, 0.6) is 0 Å². The summed E-state index contributed by atoms with van der Waals surface area (Å²) in [6.07, 6.45) is 1.57. The average Bonchev–Trinajstić information content (AvgIpc) is 2.62. The molecule has 0 aliphatic carbocycles. The van der Waals surface area contributed by atoms with Crippen LogP contribution < -0.4 is 5.32 Å². The molecule has 6 nitrogen and oxygen atoms in total. The zero-order chi connectivity index (χ0) is 10.7. The summed E-state index contributed by atoms with van der Waals surface area (Å²) in [4.78, 5) is 11.7. The molecule has 78 valence electrons. The van der Waals surface area contributed by atoms with E-state index >= 15 is 0 Å². The Balaban J connectivity index is 1.99. The van der Waals surface area contributed by atoms with Crippen molar-refractivity contribution >= 4 is 17.4 Å². The third kappa shape index (κ3) is 2.63. The van der Waals surface area contributed by atoms with Gasteiger partial charge in [-0.2, -0.15) is 4.98 Å². The van der Waals surface area contributed by atoms with Crippen molar-refractivity contribution in [1.82, 2.24) is 20.1 Å². The van der Waals surface area contributed by atoms with Gasteiger partial charge in [0, 0.05) is 13.1 Å². The van der Waals surface area contributed by atoms with Crippen LogP contribution in [0.4, 0.5) is 5.82 Å². The standard InChI is InChI=1S/C8H8ClN5O/c1-5-12-7(14-15-5)4-11-6-2-3-10-8(9)13-6/h2-3H,4H2,1H3,(H,10,11,13). The Morgan fingerprint density at radius 1 is 1.47 bits per heavy atom. The van der Waals surface area contributed by atoms with Gasteiger partial charge in [0.1, 0.15) is 5.82 Å². The van der Waals surface area contributed by atoms with E-state index in [1.807, 2.05) is 0 Å². The highest BCUT2D eigenvalue weighted by Crippen LogP contribution is 2.06. The highest BCUT2D eigenvalue weighted by Gasteiger charge is 2.02. The molecule has 0 fully saturated rings. The third-order valence-corrected chi connectivity index (χ3v) is 1.81. The summed E-state index contributed by atoms with van der Waals surface area (Å²) >= 11 is 5.62. The summed E-state index contributed by atoms with van der Waals surface area (Å²) in [5.41, 5.74) is 0. The molecule has 0 saturated carbocycles. The first-order valence-corrected chi connectivity index (χ1v) is 4.63. The molecule has 2 aromatic heterocycles. The SMILES string of the molecule is Cc1nc(CNc2ccnc(Cl)n2)no1. The maximum atomic E-state index is 5.62. The van der Waals surface area contributed by atoms with Crippen LogP contribution in [0.15, 0.2) is 16.8 Å². The number of rotatable bonds is 3. The van der Waals surface area contributed by atoms with E-state index in [9.17, 15) is 0 Å². The molecule has 15 heavy (non-hydrogen) atoms. The van der Waals surface area contributed by atoms with Crippen LogP contribution in [0.1, 0.15) is 11.7 Å². The summed E-state index contributed by atoms with van der Waals surface area (Å²) in [5, 5.41) is 6.92. The smallest absolute Gasteiger partial charge is 0.224 e. The van der Waals surface area contributed by atoms with Gasteiger partial charge in [0.15, 0.2) is 5.82 Å². The van der Waals surface area contributed by atoms with E-state index < -0.39 is 0 Å². The number of aromatic nitrogens is 4. The quantitative estimate of drug-likeness (QED) is 0.797. The maximum Gasteiger partial charge on any atom is 0.224 e. The van der Waals surface area contributed by atoms with Gasteiger partial charge >= 0.3 is 0 Å². The van der Waals surface area contributed by atoms with Crippen LogP contribution >= 0.6 is 11.6 Å². The van der Waals surface area contributed by atoms with Crippen molar-refractivity contribution in [3.8, 4) is 0 Å². The van der Waals surface area contributed by atoms with Gasteiger partial charge in [0.25, 0.3) is 0 Å². The van der Waals surface area contributed by atoms with Gasteiger partial charge in [-0.1, -0.05) is 5.16 Å². The van der Waals surface area contributed by atoms with Crippen LogP contribution in [0, 0.1) is 6.92 Å². The molecule has 2 rings (SSSR count). The van der Waals surface area contributed by atoms with Gasteiger partial charge < -0.3 is 9.84 Å². The van der Waals surface area contributed by atoms with Crippen molar-refractivity contribution in [1.29, 1.82) is 0 Å². The Morgan fingerprint density at radius 2 is 2.33 bits per heavy atom. The molecule has 2 aromatic rings. The normalized spacial score (nSPS) is 10.3. The van der Waals surface area contributed by atoms with Crippen LogP contribution in [0.25, 0.3) is 0 Å². The van der Waals surface area contributed by atoms with Crippen molar-refractivity contribution in [2.45, 2.75) is 13.5 Å². The van der Waals surface area contributed by atoms with E-state index in [0.717, 1.165) is 0 Å². The zero-order valence-electron chi connectivity index (χ0n) is 7.94. The molecule has 0 bridgehead atoms. The second-order valence-electron chi connectivity index (χ2n) is 2.79. The second-order valence-corrected chi connectivity index (χ2v) is 3.13. The number of nitrogens with one attached hydrogen (secondary N) is 1. The maximum absolute atomic E-state index is 5.62. The van der Waals surface area contributed by atoms with Crippen LogP contribution in [0.2, 0.25) is 5.28 Å². The number of anilines is 1. The predicted octanol–water partition coefficient (Wildman–Crippen LogP) is 1.43. The Morgan fingerprint density at radius 3 is 3.00 bits per heavy atom. The highest BCUT2D eigenvalue weighted by molar-refractivity contribution is 6.28. The number of hydrogen-bond donors (Lipinski definition) is 1. The molecular formula is C8H8ClN5O. The van der Waals surface area contributed by atoms with E-state index in [2.05, 4.69) is 25.4 Å². The van der Waals surface area contributed by atoms with Crippen LogP contribution in [-0.2, 0) is 6.54 Å². The van der Waals surface area contributed by atoms with Crippen molar-refractivity contribution in [2.24, 2.45) is 0 Å². The lowest BCUT2D eigenvalue weighted by atomic mass is 10.5. The van der Waals surface area contributed by atoms with E-state index in [4.69, 9.17) is 16.1 Å². The summed E-state index contributed by atoms with van der Waals surface area (Å²) in [5.74, 6) is 1.73. The van der Waals surface area contributed by atoms with Crippen LogP contribution in [-0.4, -0.2) is 20.1 Å². The van der Waals surface area contributed by atoms with E-state index in [1.54, 1.807) is 19.2 Å². The fourth-order valence-electron chi connectivity index (χ4n) is 1.02. The van der Waals surface area contributed by atoms with E-state index in [0.29, 0.717) is 24.1 Å². The Labute approximate surface area is 90.7 Å². The topological polar surface area (TPSA) is 76.7 Å². The molecule has 1 N–H and O–H groups in total. The van der Waals surface area contributed by atoms with Crippen molar-refractivity contribution in [2.75, 3.05) is 5.32 Å². The first kappa shape index (κ1) is 9.85. The van der Waals surface area contributed by atoms with Gasteiger partial charge in [0.05, 0.1) is 6.54 Å². The highest BCUT2D eigenvalue weighted by atomic mass is 35.5. The monoisotopic (exact) mass is 225 g/mol. The summed E-state index contributed by atoms with van der Waals surface area (Å²) in [6, 6.07) is 1.71. The zero-order valence-corrected chi connectivity index (χ0v) is 8.69. The molecule has 0 unspecified atom stereocenters. The molecule has 0 aromatic carbocycles. The van der Waals surface area contributed by atoms with Gasteiger partial charge in [-0.05, 0) is 17.7 Å². The van der Waals surface area contributed by atoms with Crippen molar-refractivity contribution < 1.29 is 4.52 Å². The summed E-state index contributed by atoms with van der Waals surface area (Å²) in [6.45, 7) is 2.17. The lowest BCUT2D eigenvalue weighted by Crippen LogP contribution is -2.03. The third-order valence-electron chi connectivity index (χ3n) is 1.62. The molecule has 7 heteroatoms. The van der Waals surface area contributed by atoms with Gasteiger partial charge in [-0.3, -0.25) is 0 Å². The van der Waals surface area contributed by atoms with Gasteiger partial charge in [-0.25, -0.2) is 9.97 Å². The van der Waals surface area contributed by atoms with Gasteiger partial charge in [-0.15, -0.1) is 0 Å². The molecule has 0 aliphatic heterocycles. The fraction of sp³-hybridized carbons (Fsp3) is 0.250. The molecule has 0 spiro atoms. The van der Waals surface area contributed by atoms with E-state index in [1.165, 1.54) is 0 Å². The number of aryl methyl sites for hydroxylation is 1. The number of hydrogen-bond acceptors (Lipinski definition) is 6. The van der Waals surface area contributed by atoms with Crippen molar-refractivity contribution in [3.63, 3.8) is 0 Å². The van der Waals surface area contributed by atoms with Crippen LogP contribution in [0.3, 0.4) is 0 Å². The number of nitrogens with zero attached hydrogens (tertiary/aromatic N) is 4. The fourth-order valence-corrected chi connectivity index (χ4v) is 1.16.